The second-order valence-electron chi connectivity index (χ2n) is 6.28. The predicted octanol–water partition coefficient (Wildman–Crippen LogP) is 3.24. The molecule has 0 bridgehead atoms. The van der Waals surface area contributed by atoms with E-state index in [1.54, 1.807) is 6.07 Å². The van der Waals surface area contributed by atoms with Gasteiger partial charge in [-0.1, -0.05) is 6.07 Å². The molecule has 0 atom stereocenters. The number of anilines is 1. The van der Waals surface area contributed by atoms with E-state index in [4.69, 9.17) is 9.15 Å². The zero-order chi connectivity index (χ0) is 20.3. The fourth-order valence-corrected chi connectivity index (χ4v) is 2.91. The van der Waals surface area contributed by atoms with E-state index in [0.29, 0.717) is 23.4 Å². The van der Waals surface area contributed by atoms with Crippen molar-refractivity contribution in [1.82, 2.24) is 4.57 Å². The summed E-state index contributed by atoms with van der Waals surface area (Å²) in [6.45, 7) is 2.16. The first-order valence-corrected chi connectivity index (χ1v) is 8.61. The molecule has 146 valence electrons. The van der Waals surface area contributed by atoms with E-state index in [-0.39, 0.29) is 30.1 Å². The third kappa shape index (κ3) is 4.03. The van der Waals surface area contributed by atoms with Gasteiger partial charge in [-0.15, -0.1) is 0 Å². The SMILES string of the molecule is COc1ccc(C)cc1NC(=O)CCCn1c(=O)oc2cc([N+](=O)[O-])ccc21. The zero-order valence-electron chi connectivity index (χ0n) is 15.4. The Morgan fingerprint density at radius 2 is 2.07 bits per heavy atom. The third-order valence-corrected chi connectivity index (χ3v) is 4.28. The molecule has 28 heavy (non-hydrogen) atoms. The molecule has 9 heteroatoms. The number of nitrogens with one attached hydrogen (secondary N) is 1. The molecule has 0 unspecified atom stereocenters. The van der Waals surface area contributed by atoms with E-state index in [0.717, 1.165) is 5.56 Å². The molecule has 0 fully saturated rings. The number of aryl methyl sites for hydroxylation is 2. The van der Waals surface area contributed by atoms with Crippen LogP contribution in [0.4, 0.5) is 11.4 Å². The lowest BCUT2D eigenvalue weighted by atomic mass is 10.2. The van der Waals surface area contributed by atoms with Crippen molar-refractivity contribution in [2.45, 2.75) is 26.3 Å². The maximum atomic E-state index is 12.2. The molecule has 0 aliphatic heterocycles. The zero-order valence-corrected chi connectivity index (χ0v) is 15.4. The largest absolute Gasteiger partial charge is 0.495 e. The van der Waals surface area contributed by atoms with Crippen LogP contribution in [0.3, 0.4) is 0 Å². The van der Waals surface area contributed by atoms with Crippen LogP contribution in [0.25, 0.3) is 11.1 Å². The van der Waals surface area contributed by atoms with Crippen molar-refractivity contribution >= 4 is 28.4 Å². The highest BCUT2D eigenvalue weighted by Gasteiger charge is 2.14. The summed E-state index contributed by atoms with van der Waals surface area (Å²) in [6.07, 6.45) is 0.578. The fourth-order valence-electron chi connectivity index (χ4n) is 2.91. The molecular weight excluding hydrogens is 366 g/mol. The molecule has 1 amide bonds. The molecule has 1 aromatic heterocycles. The van der Waals surface area contributed by atoms with Gasteiger partial charge < -0.3 is 14.5 Å². The van der Waals surface area contributed by atoms with Crippen molar-refractivity contribution in [3.8, 4) is 5.75 Å². The summed E-state index contributed by atoms with van der Waals surface area (Å²) < 4.78 is 11.7. The Balaban J connectivity index is 1.66. The number of aromatic nitrogens is 1. The summed E-state index contributed by atoms with van der Waals surface area (Å²) in [7, 11) is 1.53. The number of carbonyl (C=O) groups excluding carboxylic acids is 1. The number of hydrogen-bond donors (Lipinski definition) is 1. The topological polar surface area (TPSA) is 117 Å². The van der Waals surface area contributed by atoms with E-state index < -0.39 is 10.7 Å². The standard InChI is InChI=1S/C19H19N3O6/c1-12-5-8-16(27-2)14(10-12)20-18(23)4-3-9-21-15-7-6-13(22(25)26)11-17(15)28-19(21)24/h5-8,10-11H,3-4,9H2,1-2H3,(H,20,23). The lowest BCUT2D eigenvalue weighted by Crippen LogP contribution is -2.17. The number of amides is 1. The highest BCUT2D eigenvalue weighted by atomic mass is 16.6. The van der Waals surface area contributed by atoms with Crippen LogP contribution in [0.1, 0.15) is 18.4 Å². The molecular formula is C19H19N3O6. The number of methoxy groups -OCH3 is 1. The van der Waals surface area contributed by atoms with Crippen LogP contribution in [-0.4, -0.2) is 22.5 Å². The summed E-state index contributed by atoms with van der Waals surface area (Å²) in [4.78, 5) is 34.5. The maximum Gasteiger partial charge on any atom is 0.419 e. The number of fused-ring (bicyclic) bond motifs is 1. The van der Waals surface area contributed by atoms with Crippen LogP contribution in [-0.2, 0) is 11.3 Å². The number of benzene rings is 2. The average Bonchev–Trinajstić information content (AvgIpc) is 2.96. The van der Waals surface area contributed by atoms with Gasteiger partial charge in [-0.05, 0) is 37.1 Å². The van der Waals surface area contributed by atoms with Gasteiger partial charge in [0.05, 0.1) is 29.3 Å². The lowest BCUT2D eigenvalue weighted by molar-refractivity contribution is -0.384. The van der Waals surface area contributed by atoms with E-state index in [2.05, 4.69) is 5.32 Å². The number of oxazole rings is 1. The number of nitro groups is 1. The summed E-state index contributed by atoms with van der Waals surface area (Å²) in [5.41, 5.74) is 2.02. The summed E-state index contributed by atoms with van der Waals surface area (Å²) in [5.74, 6) is -0.255. The number of hydrogen-bond acceptors (Lipinski definition) is 6. The van der Waals surface area contributed by atoms with Crippen LogP contribution >= 0.6 is 0 Å². The molecule has 3 aromatic rings. The van der Waals surface area contributed by atoms with Crippen molar-refractivity contribution in [2.24, 2.45) is 0 Å². The highest BCUT2D eigenvalue weighted by molar-refractivity contribution is 5.92. The van der Waals surface area contributed by atoms with Gasteiger partial charge in [0.2, 0.25) is 5.91 Å². The summed E-state index contributed by atoms with van der Waals surface area (Å²) >= 11 is 0. The minimum atomic E-state index is -0.615. The average molecular weight is 385 g/mol. The van der Waals surface area contributed by atoms with Gasteiger partial charge in [0.25, 0.3) is 5.69 Å². The molecule has 0 spiro atoms. The second kappa shape index (κ2) is 7.95. The summed E-state index contributed by atoms with van der Waals surface area (Å²) in [5, 5.41) is 13.6. The van der Waals surface area contributed by atoms with Gasteiger partial charge in [-0.3, -0.25) is 19.5 Å². The van der Waals surface area contributed by atoms with Crippen molar-refractivity contribution in [1.29, 1.82) is 0 Å². The molecule has 1 N–H and O–H groups in total. The Morgan fingerprint density at radius 3 is 2.79 bits per heavy atom. The van der Waals surface area contributed by atoms with Gasteiger partial charge >= 0.3 is 5.76 Å². The lowest BCUT2D eigenvalue weighted by Gasteiger charge is -2.11. The Bertz CT molecular complexity index is 1100. The Morgan fingerprint density at radius 1 is 1.29 bits per heavy atom. The number of rotatable bonds is 7. The number of non-ortho nitro benzene ring substituents is 1. The molecule has 3 rings (SSSR count). The van der Waals surface area contributed by atoms with Crippen molar-refractivity contribution in [2.75, 3.05) is 12.4 Å². The maximum absolute atomic E-state index is 12.2. The van der Waals surface area contributed by atoms with Crippen LogP contribution < -0.4 is 15.8 Å². The van der Waals surface area contributed by atoms with E-state index in [1.165, 1.54) is 29.9 Å². The molecule has 1 heterocycles. The first kappa shape index (κ1) is 19.2. The monoisotopic (exact) mass is 385 g/mol. The van der Waals surface area contributed by atoms with Crippen LogP contribution in [0.15, 0.2) is 45.6 Å². The van der Waals surface area contributed by atoms with E-state index in [9.17, 15) is 19.7 Å². The van der Waals surface area contributed by atoms with Crippen molar-refractivity contribution in [3.05, 3.63) is 62.6 Å². The smallest absolute Gasteiger partial charge is 0.419 e. The van der Waals surface area contributed by atoms with E-state index in [1.807, 2.05) is 19.1 Å². The summed E-state index contributed by atoms with van der Waals surface area (Å²) in [6, 6.07) is 9.47. The number of ether oxygens (including phenoxy) is 1. The van der Waals surface area contributed by atoms with E-state index >= 15 is 0 Å². The molecule has 0 saturated heterocycles. The van der Waals surface area contributed by atoms with Gasteiger partial charge in [0.1, 0.15) is 5.75 Å². The van der Waals surface area contributed by atoms with Gasteiger partial charge in [-0.25, -0.2) is 4.79 Å². The molecule has 0 aliphatic carbocycles. The fraction of sp³-hybridized carbons (Fsp3) is 0.263. The number of carbonyl (C=O) groups is 1. The van der Waals surface area contributed by atoms with Crippen LogP contribution in [0, 0.1) is 17.0 Å². The highest BCUT2D eigenvalue weighted by Crippen LogP contribution is 2.25. The Hall–Kier alpha value is -3.62. The second-order valence-corrected chi connectivity index (χ2v) is 6.28. The minimum Gasteiger partial charge on any atom is -0.495 e. The van der Waals surface area contributed by atoms with Crippen molar-refractivity contribution in [3.63, 3.8) is 0 Å². The normalized spacial score (nSPS) is 10.8. The Kier molecular flexibility index (Phi) is 5.44. The van der Waals surface area contributed by atoms with Gasteiger partial charge in [-0.2, -0.15) is 0 Å². The van der Waals surface area contributed by atoms with Crippen LogP contribution in [0.5, 0.6) is 5.75 Å². The Labute approximate surface area is 159 Å². The molecule has 0 radical (unpaired) electrons. The molecule has 0 aliphatic rings. The van der Waals surface area contributed by atoms with Gasteiger partial charge in [0, 0.05) is 19.0 Å². The number of nitro benzene ring substituents is 1. The van der Waals surface area contributed by atoms with Crippen molar-refractivity contribution < 1.29 is 18.9 Å². The molecule has 9 nitrogen and oxygen atoms in total. The predicted molar refractivity (Wildman–Crippen MR) is 103 cm³/mol. The minimum absolute atomic E-state index is 0.146. The first-order chi connectivity index (χ1) is 13.4. The van der Waals surface area contributed by atoms with Gasteiger partial charge in [0.15, 0.2) is 5.58 Å². The van der Waals surface area contributed by atoms with Crippen LogP contribution in [0.2, 0.25) is 0 Å². The quantitative estimate of drug-likeness (QED) is 0.493. The molecule has 2 aromatic carbocycles. The number of nitrogens with zero attached hydrogens (tertiary/aromatic N) is 2. The molecule has 0 saturated carbocycles. The third-order valence-electron chi connectivity index (χ3n) is 4.28. The first-order valence-electron chi connectivity index (χ1n) is 8.61.